The van der Waals surface area contributed by atoms with Gasteiger partial charge in [-0.2, -0.15) is 0 Å². The number of benzene rings is 2. The molecule has 1 unspecified atom stereocenters. The maximum absolute atomic E-state index is 13.4. The van der Waals surface area contributed by atoms with Crippen molar-refractivity contribution in [3.63, 3.8) is 0 Å². The van der Waals surface area contributed by atoms with E-state index in [1.807, 2.05) is 18.2 Å². The predicted octanol–water partition coefficient (Wildman–Crippen LogP) is 4.05. The molecular formula is C18H19ClF2N2O. The number of nitrogens with two attached hydrogens (primary N) is 1. The van der Waals surface area contributed by atoms with Crippen LogP contribution in [0.5, 0.6) is 0 Å². The average Bonchev–Trinajstić information content (AvgIpc) is 2.56. The molecule has 0 aromatic heterocycles. The second-order valence-electron chi connectivity index (χ2n) is 5.83. The van der Waals surface area contributed by atoms with Gasteiger partial charge in [0.05, 0.1) is 5.92 Å². The molecule has 1 amide bonds. The van der Waals surface area contributed by atoms with Crippen LogP contribution in [0.1, 0.15) is 30.4 Å². The van der Waals surface area contributed by atoms with Crippen molar-refractivity contribution in [2.45, 2.75) is 25.7 Å². The van der Waals surface area contributed by atoms with E-state index >= 15 is 0 Å². The normalized spacial score (nSPS) is 14.5. The molecular weight excluding hydrogens is 334 g/mol. The molecule has 3 nitrogen and oxygen atoms in total. The van der Waals surface area contributed by atoms with E-state index in [4.69, 9.17) is 5.73 Å². The summed E-state index contributed by atoms with van der Waals surface area (Å²) in [6, 6.07) is 9.11. The summed E-state index contributed by atoms with van der Waals surface area (Å²) in [5.74, 6) is -2.55. The maximum Gasteiger partial charge on any atom is 0.234 e. The lowest BCUT2D eigenvalue weighted by atomic mass is 9.95. The second-order valence-corrected chi connectivity index (χ2v) is 5.83. The summed E-state index contributed by atoms with van der Waals surface area (Å²) in [6.45, 7) is 2.30. The molecule has 2 aromatic rings. The number of hydrogen-bond donors (Lipinski definition) is 1. The summed E-state index contributed by atoms with van der Waals surface area (Å²) in [4.78, 5) is 14.5. The van der Waals surface area contributed by atoms with Crippen LogP contribution in [0.15, 0.2) is 36.4 Å². The van der Waals surface area contributed by atoms with Crippen molar-refractivity contribution in [3.8, 4) is 0 Å². The Morgan fingerprint density at radius 1 is 1.21 bits per heavy atom. The first kappa shape index (κ1) is 18.2. The van der Waals surface area contributed by atoms with Gasteiger partial charge in [-0.15, -0.1) is 12.4 Å². The van der Waals surface area contributed by atoms with Crippen molar-refractivity contribution in [3.05, 3.63) is 59.2 Å². The van der Waals surface area contributed by atoms with Crippen LogP contribution in [0, 0.1) is 11.6 Å². The Kier molecular flexibility index (Phi) is 5.44. The highest BCUT2D eigenvalue weighted by Crippen LogP contribution is 2.33. The number of fused-ring (bicyclic) bond motifs is 1. The zero-order valence-corrected chi connectivity index (χ0v) is 14.1. The molecule has 0 aliphatic carbocycles. The summed E-state index contributed by atoms with van der Waals surface area (Å²) >= 11 is 0. The number of carbonyl (C=O) groups excluding carboxylic acids is 1. The SMILES string of the molecule is CC(C(=O)N1CCCc2c(N)cccc21)c1ccc(F)c(F)c1.Cl. The highest BCUT2D eigenvalue weighted by Gasteiger charge is 2.28. The van der Waals surface area contributed by atoms with Crippen LogP contribution in [0.2, 0.25) is 0 Å². The third-order valence-electron chi connectivity index (χ3n) is 4.37. The lowest BCUT2D eigenvalue weighted by molar-refractivity contribution is -0.119. The topological polar surface area (TPSA) is 46.3 Å². The average molecular weight is 353 g/mol. The van der Waals surface area contributed by atoms with E-state index in [1.54, 1.807) is 11.8 Å². The van der Waals surface area contributed by atoms with Gasteiger partial charge in [0.1, 0.15) is 0 Å². The van der Waals surface area contributed by atoms with Crippen molar-refractivity contribution >= 4 is 29.7 Å². The standard InChI is InChI=1S/C18H18F2N2O.ClH/c1-11(12-7-8-14(19)15(20)10-12)18(23)22-9-3-4-13-16(21)5-2-6-17(13)22;/h2,5-8,10-11H,3-4,9,21H2,1H3;1H. The van der Waals surface area contributed by atoms with Gasteiger partial charge in [-0.3, -0.25) is 4.79 Å². The fourth-order valence-corrected chi connectivity index (χ4v) is 3.04. The van der Waals surface area contributed by atoms with Gasteiger partial charge in [0.25, 0.3) is 0 Å². The zero-order chi connectivity index (χ0) is 16.6. The molecule has 2 aromatic carbocycles. The van der Waals surface area contributed by atoms with E-state index in [2.05, 4.69) is 0 Å². The summed E-state index contributed by atoms with van der Waals surface area (Å²) in [5.41, 5.74) is 8.93. The van der Waals surface area contributed by atoms with Gasteiger partial charge in [0, 0.05) is 17.9 Å². The molecule has 1 aliphatic rings. The molecule has 1 atom stereocenters. The number of halogens is 3. The van der Waals surface area contributed by atoms with E-state index < -0.39 is 17.6 Å². The Labute approximate surface area is 145 Å². The molecule has 3 rings (SSSR count). The minimum atomic E-state index is -0.939. The number of nitrogens with zero attached hydrogens (tertiary/aromatic N) is 1. The van der Waals surface area contributed by atoms with E-state index in [1.165, 1.54) is 6.07 Å². The third kappa shape index (κ3) is 3.22. The van der Waals surface area contributed by atoms with Gasteiger partial charge in [0.2, 0.25) is 5.91 Å². The Morgan fingerprint density at radius 2 is 1.96 bits per heavy atom. The van der Waals surface area contributed by atoms with Crippen LogP contribution < -0.4 is 10.6 Å². The fourth-order valence-electron chi connectivity index (χ4n) is 3.04. The number of anilines is 2. The predicted molar refractivity (Wildman–Crippen MR) is 93.5 cm³/mol. The largest absolute Gasteiger partial charge is 0.398 e. The molecule has 0 bridgehead atoms. The monoisotopic (exact) mass is 352 g/mol. The Balaban J connectivity index is 0.00000208. The first-order chi connectivity index (χ1) is 11.0. The van der Waals surface area contributed by atoms with Crippen molar-refractivity contribution in [1.82, 2.24) is 0 Å². The summed E-state index contributed by atoms with van der Waals surface area (Å²) < 4.78 is 26.5. The van der Waals surface area contributed by atoms with E-state index in [0.717, 1.165) is 36.2 Å². The van der Waals surface area contributed by atoms with Crippen molar-refractivity contribution in [1.29, 1.82) is 0 Å². The van der Waals surface area contributed by atoms with Gasteiger partial charge in [-0.05, 0) is 55.2 Å². The van der Waals surface area contributed by atoms with Crippen LogP contribution in [0.3, 0.4) is 0 Å². The Bertz CT molecular complexity index is 767. The smallest absolute Gasteiger partial charge is 0.234 e. The molecule has 1 heterocycles. The van der Waals surface area contributed by atoms with Gasteiger partial charge in [0.15, 0.2) is 11.6 Å². The summed E-state index contributed by atoms with van der Waals surface area (Å²) in [7, 11) is 0. The lowest BCUT2D eigenvalue weighted by Crippen LogP contribution is -2.38. The van der Waals surface area contributed by atoms with Crippen molar-refractivity contribution < 1.29 is 13.6 Å². The quantitative estimate of drug-likeness (QED) is 0.829. The van der Waals surface area contributed by atoms with Crippen LogP contribution >= 0.6 is 12.4 Å². The number of hydrogen-bond acceptors (Lipinski definition) is 2. The molecule has 0 fully saturated rings. The molecule has 0 saturated heterocycles. The van der Waals surface area contributed by atoms with Crippen LogP contribution in [-0.4, -0.2) is 12.5 Å². The highest BCUT2D eigenvalue weighted by atomic mass is 35.5. The molecule has 0 saturated carbocycles. The molecule has 2 N–H and O–H groups in total. The lowest BCUT2D eigenvalue weighted by Gasteiger charge is -2.32. The zero-order valence-electron chi connectivity index (χ0n) is 13.3. The molecule has 0 spiro atoms. The number of amides is 1. The fraction of sp³-hybridized carbons (Fsp3) is 0.278. The van der Waals surface area contributed by atoms with E-state index in [9.17, 15) is 13.6 Å². The first-order valence-electron chi connectivity index (χ1n) is 7.62. The molecule has 128 valence electrons. The Hall–Kier alpha value is -2.14. The van der Waals surface area contributed by atoms with Crippen molar-refractivity contribution in [2.75, 3.05) is 17.2 Å². The molecule has 1 aliphatic heterocycles. The van der Waals surface area contributed by atoms with Crippen LogP contribution in [0.4, 0.5) is 20.2 Å². The van der Waals surface area contributed by atoms with Gasteiger partial charge < -0.3 is 10.6 Å². The summed E-state index contributed by atoms with van der Waals surface area (Å²) in [5, 5.41) is 0. The van der Waals surface area contributed by atoms with E-state index in [-0.39, 0.29) is 18.3 Å². The second kappa shape index (κ2) is 7.18. The minimum Gasteiger partial charge on any atom is -0.398 e. The van der Waals surface area contributed by atoms with Crippen LogP contribution in [0.25, 0.3) is 0 Å². The summed E-state index contributed by atoms with van der Waals surface area (Å²) in [6.07, 6.45) is 1.67. The van der Waals surface area contributed by atoms with E-state index in [0.29, 0.717) is 17.8 Å². The van der Waals surface area contributed by atoms with Gasteiger partial charge in [-0.1, -0.05) is 12.1 Å². The van der Waals surface area contributed by atoms with Gasteiger partial charge >= 0.3 is 0 Å². The maximum atomic E-state index is 13.4. The first-order valence-corrected chi connectivity index (χ1v) is 7.62. The van der Waals surface area contributed by atoms with Crippen molar-refractivity contribution in [2.24, 2.45) is 0 Å². The minimum absolute atomic E-state index is 0. The number of rotatable bonds is 2. The van der Waals surface area contributed by atoms with Crippen LogP contribution in [-0.2, 0) is 11.2 Å². The third-order valence-corrected chi connectivity index (χ3v) is 4.37. The molecule has 24 heavy (non-hydrogen) atoms. The molecule has 0 radical (unpaired) electrons. The molecule has 6 heteroatoms. The number of carbonyl (C=O) groups is 1. The Morgan fingerprint density at radius 3 is 2.67 bits per heavy atom. The van der Waals surface area contributed by atoms with Gasteiger partial charge in [-0.25, -0.2) is 8.78 Å². The number of nitrogen functional groups attached to an aromatic ring is 1. The highest BCUT2D eigenvalue weighted by molar-refractivity contribution is 5.99.